The van der Waals surface area contributed by atoms with Gasteiger partial charge in [0.05, 0.1) is 5.69 Å². The maximum atomic E-state index is 12.3. The molecule has 0 aromatic carbocycles. The third-order valence-electron chi connectivity index (χ3n) is 4.53. The van der Waals surface area contributed by atoms with Crippen molar-refractivity contribution in [3.63, 3.8) is 0 Å². The van der Waals surface area contributed by atoms with Gasteiger partial charge in [0.15, 0.2) is 0 Å². The van der Waals surface area contributed by atoms with Gasteiger partial charge in [-0.15, -0.1) is 0 Å². The van der Waals surface area contributed by atoms with Crippen molar-refractivity contribution in [2.24, 2.45) is 5.41 Å². The normalized spacial score (nSPS) is 17.6. The second-order valence-corrected chi connectivity index (χ2v) is 5.69. The molecule has 0 bridgehead atoms. The number of nitrogen functional groups attached to an aromatic ring is 1. The van der Waals surface area contributed by atoms with E-state index in [1.54, 1.807) is 6.07 Å². The van der Waals surface area contributed by atoms with Gasteiger partial charge in [0.1, 0.15) is 5.69 Å². The van der Waals surface area contributed by atoms with E-state index >= 15 is 0 Å². The largest absolute Gasteiger partial charge is 0.397 e. The number of nitrogens with one attached hydrogen (secondary N) is 1. The number of aromatic nitrogens is 1. The van der Waals surface area contributed by atoms with E-state index in [0.29, 0.717) is 16.8 Å². The summed E-state index contributed by atoms with van der Waals surface area (Å²) in [7, 11) is 0. The van der Waals surface area contributed by atoms with E-state index in [-0.39, 0.29) is 5.91 Å². The molecule has 0 spiro atoms. The number of anilines is 1. The Kier molecular flexibility index (Phi) is 4.17. The van der Waals surface area contributed by atoms with Gasteiger partial charge in [0.2, 0.25) is 0 Å². The maximum Gasteiger partial charge on any atom is 0.268 e. The van der Waals surface area contributed by atoms with Crippen LogP contribution in [0.25, 0.3) is 0 Å². The van der Waals surface area contributed by atoms with Crippen LogP contribution in [-0.2, 0) is 6.54 Å². The van der Waals surface area contributed by atoms with Crippen molar-refractivity contribution in [1.82, 2.24) is 9.88 Å². The Morgan fingerprint density at radius 1 is 1.42 bits per heavy atom. The van der Waals surface area contributed by atoms with Crippen molar-refractivity contribution >= 4 is 11.6 Å². The van der Waals surface area contributed by atoms with E-state index in [1.165, 1.54) is 25.7 Å². The summed E-state index contributed by atoms with van der Waals surface area (Å²) < 4.78 is 1.90. The molecule has 1 aromatic heterocycles. The molecular formula is C15H25N3O. The summed E-state index contributed by atoms with van der Waals surface area (Å²) in [6, 6.07) is 1.76. The molecule has 1 fully saturated rings. The standard InChI is InChI=1S/C15H25N3O/c1-3-15(7-5-6-8-15)11-17-14(19)13-9-12(16)10-18(13)4-2/h9-10H,3-8,11,16H2,1-2H3,(H,17,19). The zero-order valence-electron chi connectivity index (χ0n) is 12.0. The molecule has 0 radical (unpaired) electrons. The van der Waals surface area contributed by atoms with Gasteiger partial charge in [-0.25, -0.2) is 0 Å². The summed E-state index contributed by atoms with van der Waals surface area (Å²) in [5.41, 5.74) is 7.41. The Morgan fingerprint density at radius 3 is 2.68 bits per heavy atom. The molecule has 106 valence electrons. The van der Waals surface area contributed by atoms with Crippen LogP contribution in [0.3, 0.4) is 0 Å². The summed E-state index contributed by atoms with van der Waals surface area (Å²) in [5, 5.41) is 3.11. The van der Waals surface area contributed by atoms with Gasteiger partial charge >= 0.3 is 0 Å². The van der Waals surface area contributed by atoms with Crippen LogP contribution in [0.2, 0.25) is 0 Å². The van der Waals surface area contributed by atoms with Crippen LogP contribution < -0.4 is 11.1 Å². The lowest BCUT2D eigenvalue weighted by Gasteiger charge is -2.27. The molecule has 1 amide bonds. The van der Waals surface area contributed by atoms with Crippen LogP contribution in [-0.4, -0.2) is 17.0 Å². The van der Waals surface area contributed by atoms with Crippen molar-refractivity contribution in [1.29, 1.82) is 0 Å². The fourth-order valence-corrected chi connectivity index (χ4v) is 3.12. The number of hydrogen-bond donors (Lipinski definition) is 2. The molecule has 19 heavy (non-hydrogen) atoms. The third-order valence-corrected chi connectivity index (χ3v) is 4.53. The number of rotatable bonds is 5. The molecule has 3 N–H and O–H groups in total. The molecule has 0 unspecified atom stereocenters. The molecule has 1 heterocycles. The SMILES string of the molecule is CCn1cc(N)cc1C(=O)NCC1(CC)CCCC1. The van der Waals surface area contributed by atoms with E-state index in [2.05, 4.69) is 12.2 Å². The first kappa shape index (κ1) is 14.0. The number of aryl methyl sites for hydroxylation is 1. The molecular weight excluding hydrogens is 238 g/mol. The fraction of sp³-hybridized carbons (Fsp3) is 0.667. The van der Waals surface area contributed by atoms with Crippen molar-refractivity contribution in [2.75, 3.05) is 12.3 Å². The lowest BCUT2D eigenvalue weighted by Crippen LogP contribution is -2.36. The quantitative estimate of drug-likeness (QED) is 0.858. The Hall–Kier alpha value is -1.45. The Balaban J connectivity index is 2.01. The van der Waals surface area contributed by atoms with E-state index in [1.807, 2.05) is 17.7 Å². The Morgan fingerprint density at radius 2 is 2.11 bits per heavy atom. The number of amides is 1. The molecule has 4 nitrogen and oxygen atoms in total. The van der Waals surface area contributed by atoms with E-state index in [9.17, 15) is 4.79 Å². The molecule has 0 aliphatic heterocycles. The predicted octanol–water partition coefficient (Wildman–Crippen LogP) is 2.79. The zero-order valence-corrected chi connectivity index (χ0v) is 12.0. The molecule has 0 atom stereocenters. The van der Waals surface area contributed by atoms with Crippen molar-refractivity contribution in [3.05, 3.63) is 18.0 Å². The summed E-state index contributed by atoms with van der Waals surface area (Å²) in [6.45, 7) is 5.79. The Bertz CT molecular complexity index is 444. The third kappa shape index (κ3) is 2.94. The van der Waals surface area contributed by atoms with Crippen LogP contribution in [0.15, 0.2) is 12.3 Å². The Labute approximate surface area is 115 Å². The first-order valence-electron chi connectivity index (χ1n) is 7.34. The second-order valence-electron chi connectivity index (χ2n) is 5.69. The number of nitrogens with two attached hydrogens (primary N) is 1. The second kappa shape index (κ2) is 5.68. The van der Waals surface area contributed by atoms with Crippen LogP contribution in [0.5, 0.6) is 0 Å². The van der Waals surface area contributed by atoms with E-state index in [4.69, 9.17) is 5.73 Å². The average Bonchev–Trinajstić information content (AvgIpc) is 3.03. The first-order valence-corrected chi connectivity index (χ1v) is 7.34. The highest BCUT2D eigenvalue weighted by atomic mass is 16.1. The summed E-state index contributed by atoms with van der Waals surface area (Å²) >= 11 is 0. The van der Waals surface area contributed by atoms with Crippen LogP contribution in [0, 0.1) is 5.41 Å². The highest BCUT2D eigenvalue weighted by Crippen LogP contribution is 2.40. The molecule has 2 rings (SSSR count). The number of hydrogen-bond acceptors (Lipinski definition) is 2. The van der Waals surface area contributed by atoms with E-state index < -0.39 is 0 Å². The van der Waals surface area contributed by atoms with Crippen LogP contribution in [0.4, 0.5) is 5.69 Å². The molecule has 1 aromatic rings. The lowest BCUT2D eigenvalue weighted by atomic mass is 9.83. The molecule has 1 aliphatic carbocycles. The predicted molar refractivity (Wildman–Crippen MR) is 78.0 cm³/mol. The van der Waals surface area contributed by atoms with Crippen molar-refractivity contribution in [3.8, 4) is 0 Å². The van der Waals surface area contributed by atoms with Crippen molar-refractivity contribution in [2.45, 2.75) is 52.5 Å². The topological polar surface area (TPSA) is 60.0 Å². The van der Waals surface area contributed by atoms with Gasteiger partial charge in [0.25, 0.3) is 5.91 Å². The summed E-state index contributed by atoms with van der Waals surface area (Å²) in [5.74, 6) is -0.00160. The zero-order chi connectivity index (χ0) is 13.9. The lowest BCUT2D eigenvalue weighted by molar-refractivity contribution is 0.0919. The number of nitrogens with zero attached hydrogens (tertiary/aromatic N) is 1. The highest BCUT2D eigenvalue weighted by Gasteiger charge is 2.32. The van der Waals surface area contributed by atoms with Crippen LogP contribution in [0.1, 0.15) is 56.4 Å². The van der Waals surface area contributed by atoms with Gasteiger partial charge in [-0.1, -0.05) is 19.8 Å². The highest BCUT2D eigenvalue weighted by molar-refractivity contribution is 5.93. The van der Waals surface area contributed by atoms with Gasteiger partial charge in [0, 0.05) is 19.3 Å². The average molecular weight is 263 g/mol. The van der Waals surface area contributed by atoms with Gasteiger partial charge in [-0.2, -0.15) is 0 Å². The summed E-state index contributed by atoms with van der Waals surface area (Å²) in [6.07, 6.45) is 8.02. The monoisotopic (exact) mass is 263 g/mol. The molecule has 4 heteroatoms. The number of carbonyl (C=O) groups excluding carboxylic acids is 1. The smallest absolute Gasteiger partial charge is 0.268 e. The summed E-state index contributed by atoms with van der Waals surface area (Å²) in [4.78, 5) is 12.3. The van der Waals surface area contributed by atoms with Gasteiger partial charge < -0.3 is 15.6 Å². The fourth-order valence-electron chi connectivity index (χ4n) is 3.12. The maximum absolute atomic E-state index is 12.3. The minimum atomic E-state index is -0.00160. The molecule has 1 saturated carbocycles. The molecule has 1 aliphatic rings. The van der Waals surface area contributed by atoms with E-state index in [0.717, 1.165) is 19.5 Å². The number of carbonyl (C=O) groups is 1. The van der Waals surface area contributed by atoms with Crippen LogP contribution >= 0.6 is 0 Å². The minimum absolute atomic E-state index is 0.00160. The van der Waals surface area contributed by atoms with Crippen molar-refractivity contribution < 1.29 is 4.79 Å². The molecule has 0 saturated heterocycles. The minimum Gasteiger partial charge on any atom is -0.397 e. The van der Waals surface area contributed by atoms with Gasteiger partial charge in [-0.3, -0.25) is 4.79 Å². The first-order chi connectivity index (χ1) is 9.10. The van der Waals surface area contributed by atoms with Gasteiger partial charge in [-0.05, 0) is 37.7 Å².